The van der Waals surface area contributed by atoms with Crippen molar-refractivity contribution in [1.29, 1.82) is 0 Å². The van der Waals surface area contributed by atoms with E-state index >= 15 is 0 Å². The first-order valence-corrected chi connectivity index (χ1v) is 7.28. The molecule has 0 radical (unpaired) electrons. The van der Waals surface area contributed by atoms with E-state index < -0.39 is 0 Å². The van der Waals surface area contributed by atoms with Crippen molar-refractivity contribution in [1.82, 2.24) is 9.88 Å². The standard InChI is InChI=1S/C16H16ClN3O/c17-15-9-19-8-7-14(15)16(21)20(13-5-6-13)10-11-1-3-12(18)4-2-11/h1-4,7-9,13H,5-6,10,18H2. The van der Waals surface area contributed by atoms with Crippen molar-refractivity contribution in [2.45, 2.75) is 25.4 Å². The number of hydrogen-bond acceptors (Lipinski definition) is 3. The number of amides is 1. The second-order valence-corrected chi connectivity index (χ2v) is 5.67. The molecule has 21 heavy (non-hydrogen) atoms. The third-order valence-electron chi connectivity index (χ3n) is 3.58. The van der Waals surface area contributed by atoms with Gasteiger partial charge in [-0.15, -0.1) is 0 Å². The molecule has 2 N–H and O–H groups in total. The summed E-state index contributed by atoms with van der Waals surface area (Å²) in [5.41, 5.74) is 7.99. The van der Waals surface area contributed by atoms with Gasteiger partial charge in [0.1, 0.15) is 0 Å². The van der Waals surface area contributed by atoms with Crippen LogP contribution in [0.1, 0.15) is 28.8 Å². The maximum Gasteiger partial charge on any atom is 0.256 e. The quantitative estimate of drug-likeness (QED) is 0.883. The minimum atomic E-state index is -0.0401. The number of pyridine rings is 1. The number of nitrogens with two attached hydrogens (primary N) is 1. The molecule has 1 aliphatic carbocycles. The van der Waals surface area contributed by atoms with E-state index in [1.165, 1.54) is 6.20 Å². The zero-order chi connectivity index (χ0) is 14.8. The van der Waals surface area contributed by atoms with Gasteiger partial charge in [0.15, 0.2) is 0 Å². The summed E-state index contributed by atoms with van der Waals surface area (Å²) in [5.74, 6) is -0.0401. The zero-order valence-electron chi connectivity index (χ0n) is 11.5. The molecular formula is C16H16ClN3O. The second kappa shape index (κ2) is 5.74. The third kappa shape index (κ3) is 3.16. The summed E-state index contributed by atoms with van der Waals surface area (Å²) in [6.45, 7) is 0.572. The van der Waals surface area contributed by atoms with E-state index in [9.17, 15) is 4.79 Å². The van der Waals surface area contributed by atoms with Crippen molar-refractivity contribution in [2.75, 3.05) is 5.73 Å². The fraction of sp³-hybridized carbons (Fsp3) is 0.250. The summed E-state index contributed by atoms with van der Waals surface area (Å²) in [4.78, 5) is 18.5. The summed E-state index contributed by atoms with van der Waals surface area (Å²) >= 11 is 6.09. The van der Waals surface area contributed by atoms with Gasteiger partial charge in [-0.1, -0.05) is 23.7 Å². The molecule has 0 bridgehead atoms. The highest BCUT2D eigenvalue weighted by atomic mass is 35.5. The largest absolute Gasteiger partial charge is 0.399 e. The lowest BCUT2D eigenvalue weighted by molar-refractivity contribution is 0.0730. The van der Waals surface area contributed by atoms with Crippen LogP contribution in [0, 0.1) is 0 Å². The Labute approximate surface area is 128 Å². The molecular weight excluding hydrogens is 286 g/mol. The first kappa shape index (κ1) is 13.9. The predicted octanol–water partition coefficient (Wildman–Crippen LogP) is 3.12. The molecule has 2 aromatic rings. The number of nitrogens with zero attached hydrogens (tertiary/aromatic N) is 2. The highest BCUT2D eigenvalue weighted by Gasteiger charge is 2.33. The average Bonchev–Trinajstić information content (AvgIpc) is 3.31. The molecule has 1 saturated carbocycles. The van der Waals surface area contributed by atoms with Crippen molar-refractivity contribution in [3.05, 3.63) is 58.9 Å². The lowest BCUT2D eigenvalue weighted by Crippen LogP contribution is -2.32. The summed E-state index contributed by atoms with van der Waals surface area (Å²) in [5, 5.41) is 0.394. The smallest absolute Gasteiger partial charge is 0.256 e. The lowest BCUT2D eigenvalue weighted by atomic mass is 10.1. The van der Waals surface area contributed by atoms with E-state index in [0.29, 0.717) is 23.2 Å². The van der Waals surface area contributed by atoms with Gasteiger partial charge in [-0.05, 0) is 36.6 Å². The van der Waals surface area contributed by atoms with Crippen LogP contribution < -0.4 is 5.73 Å². The van der Waals surface area contributed by atoms with Gasteiger partial charge in [-0.3, -0.25) is 9.78 Å². The minimum absolute atomic E-state index is 0.0401. The molecule has 1 heterocycles. The van der Waals surface area contributed by atoms with E-state index in [4.69, 9.17) is 17.3 Å². The molecule has 1 fully saturated rings. The maximum absolute atomic E-state index is 12.7. The van der Waals surface area contributed by atoms with Crippen molar-refractivity contribution in [2.24, 2.45) is 0 Å². The summed E-state index contributed by atoms with van der Waals surface area (Å²) in [7, 11) is 0. The van der Waals surface area contributed by atoms with Gasteiger partial charge in [0.2, 0.25) is 0 Å². The summed E-state index contributed by atoms with van der Waals surface area (Å²) < 4.78 is 0. The van der Waals surface area contributed by atoms with E-state index in [-0.39, 0.29) is 5.91 Å². The molecule has 4 nitrogen and oxygen atoms in total. The number of carbonyl (C=O) groups is 1. The second-order valence-electron chi connectivity index (χ2n) is 5.26. The summed E-state index contributed by atoms with van der Waals surface area (Å²) in [6, 6.07) is 9.58. The predicted molar refractivity (Wildman–Crippen MR) is 83.0 cm³/mol. The molecule has 0 atom stereocenters. The minimum Gasteiger partial charge on any atom is -0.399 e. The van der Waals surface area contributed by atoms with Gasteiger partial charge in [-0.2, -0.15) is 0 Å². The third-order valence-corrected chi connectivity index (χ3v) is 3.89. The van der Waals surface area contributed by atoms with E-state index in [2.05, 4.69) is 4.98 Å². The molecule has 0 saturated heterocycles. The number of halogens is 1. The van der Waals surface area contributed by atoms with Crippen LogP contribution >= 0.6 is 11.6 Å². The Kier molecular flexibility index (Phi) is 3.80. The van der Waals surface area contributed by atoms with Gasteiger partial charge < -0.3 is 10.6 Å². The van der Waals surface area contributed by atoms with Crippen molar-refractivity contribution >= 4 is 23.2 Å². The maximum atomic E-state index is 12.7. The van der Waals surface area contributed by atoms with Gasteiger partial charge in [0, 0.05) is 30.7 Å². The molecule has 5 heteroatoms. The highest BCUT2D eigenvalue weighted by Crippen LogP contribution is 2.31. The average molecular weight is 302 g/mol. The Morgan fingerprint density at radius 1 is 1.29 bits per heavy atom. The lowest BCUT2D eigenvalue weighted by Gasteiger charge is -2.23. The Morgan fingerprint density at radius 2 is 2.00 bits per heavy atom. The van der Waals surface area contributed by atoms with Crippen LogP contribution in [0.4, 0.5) is 5.69 Å². The first-order chi connectivity index (χ1) is 10.1. The van der Waals surface area contributed by atoms with E-state index in [0.717, 1.165) is 24.1 Å². The zero-order valence-corrected chi connectivity index (χ0v) is 12.3. The van der Waals surface area contributed by atoms with Crippen LogP contribution in [0.3, 0.4) is 0 Å². The fourth-order valence-electron chi connectivity index (χ4n) is 2.28. The first-order valence-electron chi connectivity index (χ1n) is 6.90. The van der Waals surface area contributed by atoms with Crippen molar-refractivity contribution in [3.8, 4) is 0 Å². The van der Waals surface area contributed by atoms with Gasteiger partial charge in [0.25, 0.3) is 5.91 Å². The van der Waals surface area contributed by atoms with Crippen molar-refractivity contribution < 1.29 is 4.79 Å². The molecule has 0 spiro atoms. The van der Waals surface area contributed by atoms with Gasteiger partial charge in [0.05, 0.1) is 10.6 Å². The SMILES string of the molecule is Nc1ccc(CN(C(=O)c2ccncc2Cl)C2CC2)cc1. The number of rotatable bonds is 4. The monoisotopic (exact) mass is 301 g/mol. The Bertz CT molecular complexity index is 653. The number of aromatic nitrogens is 1. The van der Waals surface area contributed by atoms with Crippen LogP contribution in [0.15, 0.2) is 42.7 Å². The number of anilines is 1. The molecule has 1 amide bonds. The molecule has 1 aromatic heterocycles. The molecule has 1 aromatic carbocycles. The molecule has 1 aliphatic rings. The van der Waals surface area contributed by atoms with Crippen molar-refractivity contribution in [3.63, 3.8) is 0 Å². The Hall–Kier alpha value is -2.07. The molecule has 0 unspecified atom stereocenters. The van der Waals surface area contributed by atoms with Gasteiger partial charge >= 0.3 is 0 Å². The number of benzene rings is 1. The summed E-state index contributed by atoms with van der Waals surface area (Å²) in [6.07, 6.45) is 5.18. The highest BCUT2D eigenvalue weighted by molar-refractivity contribution is 6.33. The Balaban J connectivity index is 1.83. The molecule has 108 valence electrons. The topological polar surface area (TPSA) is 59.2 Å². The van der Waals surface area contributed by atoms with Crippen LogP contribution in [-0.4, -0.2) is 21.8 Å². The van der Waals surface area contributed by atoms with Crippen LogP contribution in [-0.2, 0) is 6.54 Å². The van der Waals surface area contributed by atoms with Crippen LogP contribution in [0.25, 0.3) is 0 Å². The van der Waals surface area contributed by atoms with E-state index in [1.54, 1.807) is 12.3 Å². The number of carbonyl (C=O) groups excluding carboxylic acids is 1. The number of hydrogen-bond donors (Lipinski definition) is 1. The van der Waals surface area contributed by atoms with Crippen LogP contribution in [0.2, 0.25) is 5.02 Å². The van der Waals surface area contributed by atoms with Gasteiger partial charge in [-0.25, -0.2) is 0 Å². The fourth-order valence-corrected chi connectivity index (χ4v) is 2.48. The molecule has 3 rings (SSSR count). The number of nitrogen functional groups attached to an aromatic ring is 1. The van der Waals surface area contributed by atoms with Crippen LogP contribution in [0.5, 0.6) is 0 Å². The normalized spacial score (nSPS) is 14.0. The van der Waals surface area contributed by atoms with E-state index in [1.807, 2.05) is 29.2 Å². The Morgan fingerprint density at radius 3 is 2.62 bits per heavy atom. The molecule has 0 aliphatic heterocycles.